The second kappa shape index (κ2) is 8.27. The van der Waals surface area contributed by atoms with E-state index in [1.807, 2.05) is 0 Å². The summed E-state index contributed by atoms with van der Waals surface area (Å²) < 4.78 is 40.2. The Morgan fingerprint density at radius 2 is 2.00 bits per heavy atom. The average molecular weight is 436 g/mol. The molecule has 10 heteroatoms. The van der Waals surface area contributed by atoms with Crippen LogP contribution in [-0.2, 0) is 6.18 Å². The van der Waals surface area contributed by atoms with Gasteiger partial charge in [0.1, 0.15) is 11.5 Å². The fourth-order valence-electron chi connectivity index (χ4n) is 3.68. The van der Waals surface area contributed by atoms with Gasteiger partial charge in [0, 0.05) is 24.8 Å². The predicted molar refractivity (Wildman–Crippen MR) is 106 cm³/mol. The zero-order valence-corrected chi connectivity index (χ0v) is 16.6. The van der Waals surface area contributed by atoms with Crippen LogP contribution in [0.25, 0.3) is 10.2 Å². The van der Waals surface area contributed by atoms with Gasteiger partial charge in [-0.15, -0.1) is 11.3 Å². The Kier molecular flexibility index (Phi) is 5.70. The number of pyridine rings is 2. The first-order valence-corrected chi connectivity index (χ1v) is 10.4. The summed E-state index contributed by atoms with van der Waals surface area (Å²) >= 11 is 1.50. The van der Waals surface area contributed by atoms with E-state index >= 15 is 0 Å². The lowest BCUT2D eigenvalue weighted by atomic mass is 9.83. The summed E-state index contributed by atoms with van der Waals surface area (Å²) in [5.74, 6) is -0.147. The summed E-state index contributed by atoms with van der Waals surface area (Å²) in [6.07, 6.45) is 1.81. The maximum Gasteiger partial charge on any atom is 0.418 e. The van der Waals surface area contributed by atoms with Gasteiger partial charge in [-0.1, -0.05) is 0 Å². The number of nitrogens with one attached hydrogen (secondary N) is 1. The molecule has 1 fully saturated rings. The Labute approximate surface area is 174 Å². The van der Waals surface area contributed by atoms with E-state index in [4.69, 9.17) is 0 Å². The van der Waals surface area contributed by atoms with Crippen molar-refractivity contribution in [1.82, 2.24) is 15.0 Å². The van der Waals surface area contributed by atoms with Crippen LogP contribution in [0.15, 0.2) is 30.6 Å². The van der Waals surface area contributed by atoms with Crippen LogP contribution in [-0.4, -0.2) is 32.6 Å². The normalized spacial score (nSPS) is 19.7. The molecular formula is C20H19F3N4O2S. The van der Waals surface area contributed by atoms with E-state index < -0.39 is 23.3 Å². The van der Waals surface area contributed by atoms with E-state index in [1.54, 1.807) is 6.07 Å². The number of carbonyl (C=O) groups excluding carboxylic acids is 1. The molecule has 0 bridgehead atoms. The SMILES string of the molecule is O=C(Nc1cc2sc(C3CCC(CO)CC3)nc2cn1)c1ncccc1C(F)(F)F. The van der Waals surface area contributed by atoms with Crippen molar-refractivity contribution in [3.05, 3.63) is 46.9 Å². The van der Waals surface area contributed by atoms with Crippen molar-refractivity contribution in [2.45, 2.75) is 37.8 Å². The van der Waals surface area contributed by atoms with Gasteiger partial charge in [-0.05, 0) is 43.7 Å². The molecule has 30 heavy (non-hydrogen) atoms. The van der Waals surface area contributed by atoms with Crippen molar-refractivity contribution in [2.75, 3.05) is 11.9 Å². The molecule has 0 spiro atoms. The number of hydrogen-bond acceptors (Lipinski definition) is 6. The second-order valence-electron chi connectivity index (χ2n) is 7.34. The fourth-order valence-corrected chi connectivity index (χ4v) is 4.82. The number of halogens is 3. The molecule has 1 aliphatic carbocycles. The predicted octanol–water partition coefficient (Wildman–Crippen LogP) is 4.62. The zero-order chi connectivity index (χ0) is 21.3. The lowest BCUT2D eigenvalue weighted by molar-refractivity contribution is -0.138. The van der Waals surface area contributed by atoms with Crippen molar-refractivity contribution in [1.29, 1.82) is 0 Å². The van der Waals surface area contributed by atoms with E-state index in [0.29, 0.717) is 17.4 Å². The van der Waals surface area contributed by atoms with Crippen molar-refractivity contribution in [2.24, 2.45) is 5.92 Å². The molecule has 3 heterocycles. The molecule has 0 atom stereocenters. The minimum Gasteiger partial charge on any atom is -0.396 e. The number of aliphatic hydroxyl groups excluding tert-OH is 1. The number of aromatic nitrogens is 3. The molecule has 1 amide bonds. The molecule has 6 nitrogen and oxygen atoms in total. The summed E-state index contributed by atoms with van der Waals surface area (Å²) in [6, 6.07) is 3.57. The Bertz CT molecular complexity index is 1060. The highest BCUT2D eigenvalue weighted by molar-refractivity contribution is 7.18. The van der Waals surface area contributed by atoms with E-state index in [-0.39, 0.29) is 12.4 Å². The number of carbonyl (C=O) groups is 1. The van der Waals surface area contributed by atoms with Crippen molar-refractivity contribution in [3.8, 4) is 0 Å². The third kappa shape index (κ3) is 4.29. The van der Waals surface area contributed by atoms with Gasteiger partial charge < -0.3 is 10.4 Å². The van der Waals surface area contributed by atoms with Gasteiger partial charge in [0.2, 0.25) is 0 Å². The van der Waals surface area contributed by atoms with Crippen LogP contribution < -0.4 is 5.32 Å². The van der Waals surface area contributed by atoms with Gasteiger partial charge in [-0.2, -0.15) is 13.2 Å². The van der Waals surface area contributed by atoms with Crippen LogP contribution in [0.3, 0.4) is 0 Å². The molecular weight excluding hydrogens is 417 g/mol. The molecule has 4 rings (SSSR count). The van der Waals surface area contributed by atoms with Crippen molar-refractivity contribution < 1.29 is 23.1 Å². The fraction of sp³-hybridized carbons (Fsp3) is 0.400. The molecule has 0 aromatic carbocycles. The number of thiazole rings is 1. The molecule has 0 radical (unpaired) electrons. The average Bonchev–Trinajstić information content (AvgIpc) is 3.16. The third-order valence-corrected chi connectivity index (χ3v) is 6.50. The quantitative estimate of drug-likeness (QED) is 0.623. The maximum atomic E-state index is 13.1. The third-order valence-electron chi connectivity index (χ3n) is 5.32. The molecule has 0 saturated heterocycles. The minimum atomic E-state index is -4.68. The maximum absolute atomic E-state index is 13.1. The standard InChI is InChI=1S/C20H19F3N4O2S/c21-20(22,23)13-2-1-7-24-17(13)18(29)27-16-8-15-14(9-25-16)26-19(30-15)12-5-3-11(10-28)4-6-12/h1-2,7-9,11-12,28H,3-6,10H2,(H,25,27,29). The van der Waals surface area contributed by atoms with E-state index in [2.05, 4.69) is 20.3 Å². The van der Waals surface area contributed by atoms with Crippen LogP contribution in [0.1, 0.15) is 52.7 Å². The molecule has 0 aliphatic heterocycles. The van der Waals surface area contributed by atoms with Crippen LogP contribution in [0.5, 0.6) is 0 Å². The summed E-state index contributed by atoms with van der Waals surface area (Å²) in [4.78, 5) is 24.7. The Morgan fingerprint density at radius 1 is 1.23 bits per heavy atom. The number of aliphatic hydroxyl groups is 1. The summed E-state index contributed by atoms with van der Waals surface area (Å²) in [7, 11) is 0. The Hall–Kier alpha value is -2.59. The smallest absolute Gasteiger partial charge is 0.396 e. The highest BCUT2D eigenvalue weighted by Crippen LogP contribution is 2.39. The minimum absolute atomic E-state index is 0.144. The van der Waals surface area contributed by atoms with E-state index in [1.165, 1.54) is 17.5 Å². The summed E-state index contributed by atoms with van der Waals surface area (Å²) in [5, 5.41) is 12.7. The van der Waals surface area contributed by atoms with Gasteiger partial charge in [-0.25, -0.2) is 9.97 Å². The van der Waals surface area contributed by atoms with E-state index in [9.17, 15) is 23.1 Å². The topological polar surface area (TPSA) is 88.0 Å². The first kappa shape index (κ1) is 20.7. The number of fused-ring (bicyclic) bond motifs is 1. The van der Waals surface area contributed by atoms with Crippen molar-refractivity contribution >= 4 is 33.3 Å². The van der Waals surface area contributed by atoms with Crippen LogP contribution >= 0.6 is 11.3 Å². The molecule has 3 aromatic rings. The molecule has 158 valence electrons. The van der Waals surface area contributed by atoms with Crippen LogP contribution in [0.2, 0.25) is 0 Å². The lowest BCUT2D eigenvalue weighted by Crippen LogP contribution is -2.20. The Morgan fingerprint density at radius 3 is 2.70 bits per heavy atom. The highest BCUT2D eigenvalue weighted by Gasteiger charge is 2.36. The number of anilines is 1. The Balaban J connectivity index is 1.53. The first-order chi connectivity index (χ1) is 14.3. The van der Waals surface area contributed by atoms with Gasteiger partial charge in [0.15, 0.2) is 0 Å². The molecule has 2 N–H and O–H groups in total. The molecule has 1 aliphatic rings. The van der Waals surface area contributed by atoms with E-state index in [0.717, 1.165) is 53.7 Å². The first-order valence-electron chi connectivity index (χ1n) is 9.56. The van der Waals surface area contributed by atoms with Crippen LogP contribution in [0, 0.1) is 5.92 Å². The van der Waals surface area contributed by atoms with Gasteiger partial charge in [0.05, 0.1) is 27.0 Å². The van der Waals surface area contributed by atoms with Gasteiger partial charge in [-0.3, -0.25) is 9.78 Å². The number of hydrogen-bond donors (Lipinski definition) is 2. The largest absolute Gasteiger partial charge is 0.418 e. The molecule has 0 unspecified atom stereocenters. The summed E-state index contributed by atoms with van der Waals surface area (Å²) in [6.45, 7) is 0.214. The number of alkyl halides is 3. The highest BCUT2D eigenvalue weighted by atomic mass is 32.1. The summed E-state index contributed by atoms with van der Waals surface area (Å²) in [5.41, 5.74) is -1.11. The molecule has 1 saturated carbocycles. The lowest BCUT2D eigenvalue weighted by Gasteiger charge is -2.25. The number of rotatable bonds is 4. The second-order valence-corrected chi connectivity index (χ2v) is 8.40. The zero-order valence-electron chi connectivity index (χ0n) is 15.8. The molecule has 3 aromatic heterocycles. The van der Waals surface area contributed by atoms with Crippen molar-refractivity contribution in [3.63, 3.8) is 0 Å². The van der Waals surface area contributed by atoms with Gasteiger partial charge in [0.25, 0.3) is 5.91 Å². The number of nitrogens with zero attached hydrogens (tertiary/aromatic N) is 3. The van der Waals surface area contributed by atoms with Gasteiger partial charge >= 0.3 is 6.18 Å². The number of amides is 1. The van der Waals surface area contributed by atoms with Crippen LogP contribution in [0.4, 0.5) is 19.0 Å². The monoisotopic (exact) mass is 436 g/mol.